The van der Waals surface area contributed by atoms with Gasteiger partial charge in [-0.2, -0.15) is 0 Å². The Hall–Kier alpha value is -1.22. The molecule has 8 heteroatoms. The predicted molar refractivity (Wildman–Crippen MR) is 75.8 cm³/mol. The molecule has 0 aliphatic carbocycles. The third kappa shape index (κ3) is 3.45. The highest BCUT2D eigenvalue weighted by atomic mass is 32.2. The number of anilines is 1. The minimum Gasteiger partial charge on any atom is -0.367 e. The van der Waals surface area contributed by atoms with Crippen LogP contribution in [0.4, 0.5) is 5.82 Å². The van der Waals surface area contributed by atoms with Crippen LogP contribution in [0.5, 0.6) is 0 Å². The molecule has 1 aliphatic heterocycles. The van der Waals surface area contributed by atoms with Gasteiger partial charge in [0.25, 0.3) is 0 Å². The van der Waals surface area contributed by atoms with Crippen LogP contribution < -0.4 is 15.8 Å². The summed E-state index contributed by atoms with van der Waals surface area (Å²) in [6.07, 6.45) is 1.20. The molecule has 112 valence electrons. The zero-order valence-corrected chi connectivity index (χ0v) is 12.4. The predicted octanol–water partition coefficient (Wildman–Crippen LogP) is -0.328. The first kappa shape index (κ1) is 15.2. The van der Waals surface area contributed by atoms with Crippen molar-refractivity contribution < 1.29 is 13.2 Å². The van der Waals surface area contributed by atoms with E-state index in [-0.39, 0.29) is 16.6 Å². The van der Waals surface area contributed by atoms with Crippen LogP contribution in [0.1, 0.15) is 13.8 Å². The topological polar surface area (TPSA) is 112 Å². The van der Waals surface area contributed by atoms with Crippen LogP contribution in [0.3, 0.4) is 0 Å². The van der Waals surface area contributed by atoms with E-state index in [9.17, 15) is 8.42 Å². The number of hydrogen-bond acceptors (Lipinski definition) is 6. The Bertz CT molecular complexity index is 571. The SMILES string of the molecule is CC1(C)CN(c2ccc(S(N)(=O)=O)cn2)CC(CN)O1. The molecule has 7 nitrogen and oxygen atoms in total. The molecule has 0 saturated carbocycles. The molecule has 2 heterocycles. The number of morpholine rings is 1. The fourth-order valence-electron chi connectivity index (χ4n) is 2.32. The zero-order chi connectivity index (χ0) is 15.0. The number of ether oxygens (including phenoxy) is 1. The van der Waals surface area contributed by atoms with Crippen molar-refractivity contribution in [1.82, 2.24) is 4.98 Å². The fraction of sp³-hybridized carbons (Fsp3) is 0.583. The highest BCUT2D eigenvalue weighted by molar-refractivity contribution is 7.89. The molecule has 4 N–H and O–H groups in total. The zero-order valence-electron chi connectivity index (χ0n) is 11.6. The molecule has 1 unspecified atom stereocenters. The molecule has 0 bridgehead atoms. The maximum Gasteiger partial charge on any atom is 0.239 e. The number of nitrogens with two attached hydrogens (primary N) is 2. The van der Waals surface area contributed by atoms with Gasteiger partial charge in [-0.25, -0.2) is 18.5 Å². The Balaban J connectivity index is 2.22. The minimum absolute atomic E-state index is 0.00384. The summed E-state index contributed by atoms with van der Waals surface area (Å²) in [4.78, 5) is 6.21. The summed E-state index contributed by atoms with van der Waals surface area (Å²) < 4.78 is 28.3. The third-order valence-electron chi connectivity index (χ3n) is 3.12. The van der Waals surface area contributed by atoms with Crippen molar-refractivity contribution in [2.75, 3.05) is 24.5 Å². The van der Waals surface area contributed by atoms with Crippen molar-refractivity contribution in [3.63, 3.8) is 0 Å². The van der Waals surface area contributed by atoms with Crippen molar-refractivity contribution in [2.24, 2.45) is 10.9 Å². The monoisotopic (exact) mass is 300 g/mol. The second kappa shape index (κ2) is 5.28. The van der Waals surface area contributed by atoms with Crippen LogP contribution >= 0.6 is 0 Å². The van der Waals surface area contributed by atoms with Gasteiger partial charge in [0.1, 0.15) is 10.7 Å². The van der Waals surface area contributed by atoms with Gasteiger partial charge in [-0.15, -0.1) is 0 Å². The van der Waals surface area contributed by atoms with E-state index in [2.05, 4.69) is 4.98 Å². The van der Waals surface area contributed by atoms with Gasteiger partial charge in [-0.05, 0) is 26.0 Å². The van der Waals surface area contributed by atoms with Crippen LogP contribution in [0.25, 0.3) is 0 Å². The van der Waals surface area contributed by atoms with Gasteiger partial charge in [-0.3, -0.25) is 0 Å². The van der Waals surface area contributed by atoms with E-state index in [4.69, 9.17) is 15.6 Å². The maximum absolute atomic E-state index is 11.2. The molecule has 0 aromatic carbocycles. The lowest BCUT2D eigenvalue weighted by molar-refractivity contribution is -0.0790. The van der Waals surface area contributed by atoms with Gasteiger partial charge in [-0.1, -0.05) is 0 Å². The average molecular weight is 300 g/mol. The Morgan fingerprint density at radius 2 is 2.20 bits per heavy atom. The van der Waals surface area contributed by atoms with Crippen LogP contribution in [-0.4, -0.2) is 44.7 Å². The minimum atomic E-state index is -3.71. The van der Waals surface area contributed by atoms with E-state index < -0.39 is 10.0 Å². The molecule has 0 spiro atoms. The van der Waals surface area contributed by atoms with Crippen LogP contribution in [0.2, 0.25) is 0 Å². The number of primary sulfonamides is 1. The van der Waals surface area contributed by atoms with Crippen LogP contribution in [0, 0.1) is 0 Å². The highest BCUT2D eigenvalue weighted by Gasteiger charge is 2.33. The van der Waals surface area contributed by atoms with E-state index in [0.717, 1.165) is 0 Å². The van der Waals surface area contributed by atoms with Crippen molar-refractivity contribution in [1.29, 1.82) is 0 Å². The smallest absolute Gasteiger partial charge is 0.239 e. The van der Waals surface area contributed by atoms with Gasteiger partial charge in [0.05, 0.1) is 11.7 Å². The van der Waals surface area contributed by atoms with Gasteiger partial charge in [0, 0.05) is 25.8 Å². The first-order valence-electron chi connectivity index (χ1n) is 6.33. The molecule has 1 atom stereocenters. The number of hydrogen-bond donors (Lipinski definition) is 2. The van der Waals surface area contributed by atoms with Gasteiger partial charge in [0.15, 0.2) is 0 Å². The molecule has 2 rings (SSSR count). The first-order valence-corrected chi connectivity index (χ1v) is 7.87. The first-order chi connectivity index (χ1) is 9.21. The van der Waals surface area contributed by atoms with E-state index in [1.165, 1.54) is 12.3 Å². The normalized spacial score (nSPS) is 22.8. The van der Waals surface area contributed by atoms with Crippen LogP contribution in [0.15, 0.2) is 23.2 Å². The molecular weight excluding hydrogens is 280 g/mol. The lowest BCUT2D eigenvalue weighted by Gasteiger charge is -2.43. The van der Waals surface area contributed by atoms with E-state index >= 15 is 0 Å². The third-order valence-corrected chi connectivity index (χ3v) is 4.02. The highest BCUT2D eigenvalue weighted by Crippen LogP contribution is 2.24. The summed E-state index contributed by atoms with van der Waals surface area (Å²) in [5.41, 5.74) is 5.35. The molecule has 1 aromatic heterocycles. The number of rotatable bonds is 3. The van der Waals surface area contributed by atoms with E-state index in [1.807, 2.05) is 18.7 Å². The summed E-state index contributed by atoms with van der Waals surface area (Å²) in [5, 5.41) is 5.05. The van der Waals surface area contributed by atoms with Crippen LogP contribution in [-0.2, 0) is 14.8 Å². The molecule has 20 heavy (non-hydrogen) atoms. The van der Waals surface area contributed by atoms with Crippen molar-refractivity contribution >= 4 is 15.8 Å². The molecule has 1 fully saturated rings. The molecule has 1 saturated heterocycles. The summed E-state index contributed by atoms with van der Waals surface area (Å²) in [7, 11) is -3.71. The maximum atomic E-state index is 11.2. The Kier molecular flexibility index (Phi) is 4.01. The van der Waals surface area contributed by atoms with Gasteiger partial charge >= 0.3 is 0 Å². The Labute approximate surface area is 119 Å². The summed E-state index contributed by atoms with van der Waals surface area (Å²) in [5.74, 6) is 0.687. The Morgan fingerprint density at radius 1 is 1.50 bits per heavy atom. The second-order valence-corrected chi connectivity index (χ2v) is 7.07. The summed E-state index contributed by atoms with van der Waals surface area (Å²) in [6, 6.07) is 3.10. The van der Waals surface area contributed by atoms with Gasteiger partial charge < -0.3 is 15.4 Å². The second-order valence-electron chi connectivity index (χ2n) is 5.51. The standard InChI is InChI=1S/C12H20N4O3S/c1-12(2)8-16(7-9(5-13)19-12)11-4-3-10(6-15-11)20(14,17)18/h3-4,6,9H,5,7-8,13H2,1-2H3,(H2,14,17,18). The molecular formula is C12H20N4O3S. The van der Waals surface area contributed by atoms with Crippen molar-refractivity contribution in [3.05, 3.63) is 18.3 Å². The quantitative estimate of drug-likeness (QED) is 0.790. The average Bonchev–Trinajstić information content (AvgIpc) is 2.36. The molecule has 0 radical (unpaired) electrons. The molecule has 1 aromatic rings. The van der Waals surface area contributed by atoms with Crippen molar-refractivity contribution in [3.8, 4) is 0 Å². The number of nitrogens with zero attached hydrogens (tertiary/aromatic N) is 2. The number of pyridine rings is 1. The summed E-state index contributed by atoms with van der Waals surface area (Å²) in [6.45, 7) is 5.68. The molecule has 1 aliphatic rings. The van der Waals surface area contributed by atoms with Gasteiger partial charge in [0.2, 0.25) is 10.0 Å². The fourth-order valence-corrected chi connectivity index (χ4v) is 2.78. The van der Waals surface area contributed by atoms with E-state index in [1.54, 1.807) is 6.07 Å². The lowest BCUT2D eigenvalue weighted by Crippen LogP contribution is -2.55. The largest absolute Gasteiger partial charge is 0.367 e. The van der Waals surface area contributed by atoms with Crippen molar-refractivity contribution in [2.45, 2.75) is 30.4 Å². The Morgan fingerprint density at radius 3 is 2.70 bits per heavy atom. The van der Waals surface area contributed by atoms with E-state index in [0.29, 0.717) is 25.5 Å². The summed E-state index contributed by atoms with van der Waals surface area (Å²) >= 11 is 0. The number of aromatic nitrogens is 1. The lowest BCUT2D eigenvalue weighted by atomic mass is 10.1. The number of sulfonamides is 1. The molecule has 0 amide bonds.